The van der Waals surface area contributed by atoms with Gasteiger partial charge in [0.25, 0.3) is 5.91 Å². The predicted octanol–water partition coefficient (Wildman–Crippen LogP) is 4.84. The number of halogens is 2. The summed E-state index contributed by atoms with van der Waals surface area (Å²) in [5, 5.41) is 7.41. The van der Waals surface area contributed by atoms with Crippen molar-refractivity contribution in [3.8, 4) is 0 Å². The molecule has 29 heavy (non-hydrogen) atoms. The molecule has 6 nitrogen and oxygen atoms in total. The minimum Gasteiger partial charge on any atom is -0.380 e. The zero-order valence-electron chi connectivity index (χ0n) is 15.4. The Bertz CT molecular complexity index is 1170. The average Bonchev–Trinajstić information content (AvgIpc) is 3.29. The maximum atomic E-state index is 14.3. The predicted molar refractivity (Wildman–Crippen MR) is 114 cm³/mol. The summed E-state index contributed by atoms with van der Waals surface area (Å²) in [6, 6.07) is 12.6. The van der Waals surface area contributed by atoms with Crippen LogP contribution in [0.15, 0.2) is 53.3 Å². The first-order valence-electron chi connectivity index (χ1n) is 8.69. The van der Waals surface area contributed by atoms with E-state index in [0.29, 0.717) is 27.1 Å². The van der Waals surface area contributed by atoms with Crippen LogP contribution in [0.1, 0.15) is 20.8 Å². The number of nitrogens with one attached hydrogen (secondary N) is 1. The molecule has 0 unspecified atom stereocenters. The lowest BCUT2D eigenvalue weighted by atomic mass is 10.1. The number of amides is 1. The van der Waals surface area contributed by atoms with Crippen molar-refractivity contribution in [1.29, 1.82) is 0 Å². The third kappa shape index (κ3) is 4.21. The van der Waals surface area contributed by atoms with Gasteiger partial charge in [0.1, 0.15) is 12.1 Å². The fraction of sp³-hybridized carbons (Fsp3) is 0.150. The van der Waals surface area contributed by atoms with Crippen molar-refractivity contribution in [3.63, 3.8) is 0 Å². The van der Waals surface area contributed by atoms with Crippen molar-refractivity contribution in [3.05, 3.63) is 75.1 Å². The van der Waals surface area contributed by atoms with E-state index in [1.165, 1.54) is 24.5 Å². The molecule has 1 amide bonds. The number of benzene rings is 2. The summed E-state index contributed by atoms with van der Waals surface area (Å²) < 4.78 is 22.8. The van der Waals surface area contributed by atoms with Gasteiger partial charge in [0.15, 0.2) is 0 Å². The first kappa shape index (κ1) is 19.7. The number of rotatable bonds is 6. The molecule has 2 aromatic heterocycles. The lowest BCUT2D eigenvalue weighted by Gasteiger charge is -2.04. The molecule has 0 fully saturated rings. The average molecular weight is 475 g/mol. The highest BCUT2D eigenvalue weighted by atomic mass is 79.9. The van der Waals surface area contributed by atoms with E-state index < -0.39 is 0 Å². The molecule has 0 bridgehead atoms. The molecule has 1 N–H and O–H groups in total. The van der Waals surface area contributed by atoms with E-state index in [2.05, 4.69) is 31.3 Å². The van der Waals surface area contributed by atoms with E-state index in [4.69, 9.17) is 4.74 Å². The Morgan fingerprint density at radius 1 is 1.28 bits per heavy atom. The number of aromatic nitrogens is 3. The lowest BCUT2D eigenvalue weighted by Crippen LogP contribution is -2.14. The van der Waals surface area contributed by atoms with Crippen LogP contribution >= 0.6 is 27.3 Å². The van der Waals surface area contributed by atoms with Gasteiger partial charge in [-0.05, 0) is 29.8 Å². The van der Waals surface area contributed by atoms with Gasteiger partial charge in [-0.1, -0.05) is 34.1 Å². The molecule has 4 rings (SSSR count). The molecule has 0 aliphatic carbocycles. The Hall–Kier alpha value is -2.62. The van der Waals surface area contributed by atoms with E-state index in [9.17, 15) is 9.18 Å². The molecular weight excluding hydrogens is 459 g/mol. The quantitative estimate of drug-likeness (QED) is 0.433. The SMILES string of the molecule is COCc1c(C(=O)Nc2ncn(Cc3ccc(Br)cc3)n2)sc2cccc(F)c12. The molecular formula is C20H16BrFN4O2S. The highest BCUT2D eigenvalue weighted by molar-refractivity contribution is 9.10. The lowest BCUT2D eigenvalue weighted by molar-refractivity contribution is 0.102. The number of thiophene rings is 1. The van der Waals surface area contributed by atoms with Crippen LogP contribution in [0.4, 0.5) is 10.3 Å². The standard InChI is InChI=1S/C20H16BrFN4O2S/c1-28-10-14-17-15(22)3-2-4-16(17)29-18(14)19(27)24-20-23-11-26(25-20)9-12-5-7-13(21)8-6-12/h2-8,11H,9-10H2,1H3,(H,24,25,27). The molecule has 0 aliphatic heterocycles. The van der Waals surface area contributed by atoms with E-state index in [1.807, 2.05) is 24.3 Å². The Morgan fingerprint density at radius 2 is 2.07 bits per heavy atom. The summed E-state index contributed by atoms with van der Waals surface area (Å²) in [4.78, 5) is 17.4. The molecule has 2 aromatic carbocycles. The summed E-state index contributed by atoms with van der Waals surface area (Å²) in [7, 11) is 1.51. The second-order valence-corrected chi connectivity index (χ2v) is 8.27. The van der Waals surface area contributed by atoms with Crippen molar-refractivity contribution >= 4 is 49.2 Å². The zero-order chi connectivity index (χ0) is 20.4. The maximum absolute atomic E-state index is 14.3. The summed E-state index contributed by atoms with van der Waals surface area (Å²) in [5.41, 5.74) is 1.58. The van der Waals surface area contributed by atoms with Crippen LogP contribution < -0.4 is 5.32 Å². The van der Waals surface area contributed by atoms with Crippen molar-refractivity contribution < 1.29 is 13.9 Å². The Morgan fingerprint density at radius 3 is 2.83 bits per heavy atom. The van der Waals surface area contributed by atoms with Crippen LogP contribution in [0.5, 0.6) is 0 Å². The second kappa shape index (κ2) is 8.40. The molecule has 2 heterocycles. The maximum Gasteiger partial charge on any atom is 0.268 e. The van der Waals surface area contributed by atoms with Gasteiger partial charge in [-0.15, -0.1) is 16.4 Å². The number of carbonyl (C=O) groups is 1. The molecule has 148 valence electrons. The van der Waals surface area contributed by atoms with Crippen LogP contribution in [-0.4, -0.2) is 27.8 Å². The van der Waals surface area contributed by atoms with E-state index in [0.717, 1.165) is 10.0 Å². The molecule has 0 saturated heterocycles. The largest absolute Gasteiger partial charge is 0.380 e. The first-order chi connectivity index (χ1) is 14.0. The van der Waals surface area contributed by atoms with E-state index >= 15 is 0 Å². The molecule has 9 heteroatoms. The number of carbonyl (C=O) groups excluding carboxylic acids is 1. The highest BCUT2D eigenvalue weighted by Gasteiger charge is 2.21. The van der Waals surface area contributed by atoms with Crippen LogP contribution in [-0.2, 0) is 17.9 Å². The van der Waals surface area contributed by atoms with E-state index in [-0.39, 0.29) is 24.3 Å². The number of nitrogens with zero attached hydrogens (tertiary/aromatic N) is 3. The minimum absolute atomic E-state index is 0.134. The van der Waals surface area contributed by atoms with Crippen molar-refractivity contribution in [2.75, 3.05) is 12.4 Å². The van der Waals surface area contributed by atoms with Crippen LogP contribution in [0.3, 0.4) is 0 Å². The van der Waals surface area contributed by atoms with Crippen LogP contribution in [0, 0.1) is 5.82 Å². The Labute approximate surface area is 178 Å². The van der Waals surface area contributed by atoms with Crippen LogP contribution in [0.2, 0.25) is 0 Å². The third-order valence-corrected chi connectivity index (χ3v) is 6.00. The summed E-state index contributed by atoms with van der Waals surface area (Å²) >= 11 is 4.62. The van der Waals surface area contributed by atoms with Crippen LogP contribution in [0.25, 0.3) is 10.1 Å². The molecule has 0 spiro atoms. The van der Waals surface area contributed by atoms with E-state index in [1.54, 1.807) is 23.1 Å². The molecule has 0 radical (unpaired) electrons. The number of methoxy groups -OCH3 is 1. The van der Waals surface area contributed by atoms with Crippen molar-refractivity contribution in [2.24, 2.45) is 0 Å². The third-order valence-electron chi connectivity index (χ3n) is 4.28. The first-order valence-corrected chi connectivity index (χ1v) is 10.3. The summed E-state index contributed by atoms with van der Waals surface area (Å²) in [6.07, 6.45) is 1.55. The normalized spacial score (nSPS) is 11.1. The molecule has 0 aliphatic rings. The molecule has 0 saturated carbocycles. The number of fused-ring (bicyclic) bond motifs is 1. The molecule has 0 atom stereocenters. The topological polar surface area (TPSA) is 69.0 Å². The highest BCUT2D eigenvalue weighted by Crippen LogP contribution is 2.34. The van der Waals surface area contributed by atoms with Gasteiger partial charge >= 0.3 is 0 Å². The zero-order valence-corrected chi connectivity index (χ0v) is 17.8. The monoisotopic (exact) mass is 474 g/mol. The van der Waals surface area contributed by atoms with Gasteiger partial charge in [0, 0.05) is 27.2 Å². The number of hydrogen-bond acceptors (Lipinski definition) is 5. The Kier molecular flexibility index (Phi) is 5.70. The number of hydrogen-bond donors (Lipinski definition) is 1. The van der Waals surface area contributed by atoms with Crippen molar-refractivity contribution in [1.82, 2.24) is 14.8 Å². The summed E-state index contributed by atoms with van der Waals surface area (Å²) in [6.45, 7) is 0.661. The second-order valence-electron chi connectivity index (χ2n) is 6.30. The van der Waals surface area contributed by atoms with Gasteiger partial charge in [0.2, 0.25) is 5.95 Å². The smallest absolute Gasteiger partial charge is 0.268 e. The number of anilines is 1. The van der Waals surface area contributed by atoms with Gasteiger partial charge in [-0.2, -0.15) is 0 Å². The summed E-state index contributed by atoms with van der Waals surface area (Å²) in [5.74, 6) is -0.575. The minimum atomic E-state index is -0.390. The molecule has 4 aromatic rings. The van der Waals surface area contributed by atoms with Gasteiger partial charge < -0.3 is 4.74 Å². The fourth-order valence-electron chi connectivity index (χ4n) is 3.00. The van der Waals surface area contributed by atoms with Gasteiger partial charge in [0.05, 0.1) is 18.0 Å². The Balaban J connectivity index is 1.55. The fourth-order valence-corrected chi connectivity index (χ4v) is 4.38. The van der Waals surface area contributed by atoms with Gasteiger partial charge in [-0.3, -0.25) is 10.1 Å². The van der Waals surface area contributed by atoms with Gasteiger partial charge in [-0.25, -0.2) is 14.1 Å². The van der Waals surface area contributed by atoms with Crippen molar-refractivity contribution in [2.45, 2.75) is 13.2 Å². The number of ether oxygens (including phenoxy) is 1.